The lowest BCUT2D eigenvalue weighted by atomic mass is 9.95. The lowest BCUT2D eigenvalue weighted by Gasteiger charge is -2.43. The molecule has 0 saturated carbocycles. The zero-order chi connectivity index (χ0) is 25.3. The zero-order valence-electron chi connectivity index (χ0n) is 19.9. The molecule has 9 heteroatoms. The Kier molecular flexibility index (Phi) is 6.60. The van der Waals surface area contributed by atoms with E-state index in [-0.39, 0.29) is 11.8 Å². The summed E-state index contributed by atoms with van der Waals surface area (Å²) in [7, 11) is 0. The number of carbonyl (C=O) groups excluding carboxylic acids is 4. The van der Waals surface area contributed by atoms with E-state index in [1.54, 1.807) is 43.0 Å². The molecule has 4 rings (SSSR count). The van der Waals surface area contributed by atoms with Gasteiger partial charge in [0.05, 0.1) is 17.3 Å². The highest BCUT2D eigenvalue weighted by molar-refractivity contribution is 6.15. The molecular weight excluding hydrogens is 453 g/mol. The number of piperidine rings is 1. The number of nitrogens with zero attached hydrogens (tertiary/aromatic N) is 2. The highest BCUT2D eigenvalue weighted by Crippen LogP contribution is 2.37. The number of halogens is 1. The number of esters is 1. The second kappa shape index (κ2) is 9.48. The van der Waals surface area contributed by atoms with Crippen LogP contribution in [0.3, 0.4) is 0 Å². The molecule has 0 aliphatic carbocycles. The number of rotatable bonds is 4. The SMILES string of the molecule is CC(OC(=O)C1CCN(C(=O)c2ccc(F)cc2)CC1)C(=O)N1c2ccccc2NC(=O)C1(C)C. The van der Waals surface area contributed by atoms with E-state index in [0.717, 1.165) is 0 Å². The Morgan fingerprint density at radius 3 is 2.34 bits per heavy atom. The highest BCUT2D eigenvalue weighted by atomic mass is 19.1. The Balaban J connectivity index is 1.38. The molecule has 35 heavy (non-hydrogen) atoms. The third-order valence-electron chi connectivity index (χ3n) is 6.58. The van der Waals surface area contributed by atoms with Crippen molar-refractivity contribution >= 4 is 35.1 Å². The quantitative estimate of drug-likeness (QED) is 0.676. The maximum atomic E-state index is 13.4. The van der Waals surface area contributed by atoms with Crippen LogP contribution in [-0.4, -0.2) is 53.3 Å². The minimum absolute atomic E-state index is 0.218. The Morgan fingerprint density at radius 2 is 1.69 bits per heavy atom. The van der Waals surface area contributed by atoms with Crippen LogP contribution in [0.25, 0.3) is 0 Å². The monoisotopic (exact) mass is 481 g/mol. The first-order valence-corrected chi connectivity index (χ1v) is 11.6. The van der Waals surface area contributed by atoms with E-state index in [2.05, 4.69) is 5.32 Å². The number of nitrogens with one attached hydrogen (secondary N) is 1. The molecule has 0 bridgehead atoms. The lowest BCUT2D eigenvalue weighted by Crippen LogP contribution is -2.60. The van der Waals surface area contributed by atoms with Gasteiger partial charge in [-0.1, -0.05) is 12.1 Å². The summed E-state index contributed by atoms with van der Waals surface area (Å²) in [4.78, 5) is 54.4. The minimum atomic E-state index is -1.17. The van der Waals surface area contributed by atoms with Crippen molar-refractivity contribution in [1.82, 2.24) is 4.90 Å². The maximum absolute atomic E-state index is 13.4. The summed E-state index contributed by atoms with van der Waals surface area (Å²) in [5, 5.41) is 2.80. The molecule has 1 N–H and O–H groups in total. The third-order valence-corrected chi connectivity index (χ3v) is 6.58. The number of amides is 3. The summed E-state index contributed by atoms with van der Waals surface area (Å²) in [5.41, 5.74) is 0.276. The van der Waals surface area contributed by atoms with Crippen LogP contribution in [0, 0.1) is 11.7 Å². The van der Waals surface area contributed by atoms with Crippen molar-refractivity contribution in [1.29, 1.82) is 0 Å². The molecule has 2 heterocycles. The molecule has 1 unspecified atom stereocenters. The molecule has 2 aromatic rings. The van der Waals surface area contributed by atoms with Crippen molar-refractivity contribution in [3.63, 3.8) is 0 Å². The first-order valence-electron chi connectivity index (χ1n) is 11.6. The van der Waals surface area contributed by atoms with Crippen molar-refractivity contribution in [3.05, 3.63) is 59.9 Å². The van der Waals surface area contributed by atoms with Gasteiger partial charge < -0.3 is 15.0 Å². The van der Waals surface area contributed by atoms with Gasteiger partial charge in [-0.05, 0) is 70.0 Å². The summed E-state index contributed by atoms with van der Waals surface area (Å²) < 4.78 is 18.7. The molecule has 2 aliphatic rings. The Bertz CT molecular complexity index is 1160. The normalized spacial score (nSPS) is 18.3. The van der Waals surface area contributed by atoms with Crippen molar-refractivity contribution < 1.29 is 28.3 Å². The smallest absolute Gasteiger partial charge is 0.309 e. The number of hydrogen-bond acceptors (Lipinski definition) is 5. The maximum Gasteiger partial charge on any atom is 0.309 e. The van der Waals surface area contributed by atoms with Crippen LogP contribution in [0.5, 0.6) is 0 Å². The minimum Gasteiger partial charge on any atom is -0.452 e. The molecule has 2 aliphatic heterocycles. The molecule has 0 aromatic heterocycles. The molecule has 0 spiro atoms. The summed E-state index contributed by atoms with van der Waals surface area (Å²) in [6.07, 6.45) is -0.306. The molecule has 0 radical (unpaired) electrons. The summed E-state index contributed by atoms with van der Waals surface area (Å²) in [6.45, 7) is 5.48. The molecule has 1 fully saturated rings. The number of likely N-dealkylation sites (tertiary alicyclic amines) is 1. The van der Waals surface area contributed by atoms with Crippen LogP contribution in [0.1, 0.15) is 44.0 Å². The van der Waals surface area contributed by atoms with E-state index in [1.165, 1.54) is 36.1 Å². The van der Waals surface area contributed by atoms with Crippen LogP contribution in [0.4, 0.5) is 15.8 Å². The molecule has 2 aromatic carbocycles. The van der Waals surface area contributed by atoms with E-state index < -0.39 is 35.3 Å². The molecular formula is C26H28FN3O5. The predicted octanol–water partition coefficient (Wildman–Crippen LogP) is 3.37. The van der Waals surface area contributed by atoms with E-state index in [4.69, 9.17) is 4.74 Å². The van der Waals surface area contributed by atoms with Gasteiger partial charge in [0.15, 0.2) is 6.10 Å². The van der Waals surface area contributed by atoms with Crippen molar-refractivity contribution in [3.8, 4) is 0 Å². The first-order chi connectivity index (χ1) is 16.6. The van der Waals surface area contributed by atoms with Gasteiger partial charge in [-0.3, -0.25) is 24.1 Å². The largest absolute Gasteiger partial charge is 0.452 e. The van der Waals surface area contributed by atoms with Gasteiger partial charge in [0.25, 0.3) is 11.8 Å². The van der Waals surface area contributed by atoms with Crippen LogP contribution >= 0.6 is 0 Å². The highest BCUT2D eigenvalue weighted by Gasteiger charge is 2.45. The van der Waals surface area contributed by atoms with E-state index in [9.17, 15) is 23.6 Å². The van der Waals surface area contributed by atoms with Crippen LogP contribution in [-0.2, 0) is 19.1 Å². The van der Waals surface area contributed by atoms with E-state index in [0.29, 0.717) is 42.9 Å². The topological polar surface area (TPSA) is 96.0 Å². The van der Waals surface area contributed by atoms with Crippen LogP contribution < -0.4 is 10.2 Å². The molecule has 3 amide bonds. The summed E-state index contributed by atoms with van der Waals surface area (Å²) in [6, 6.07) is 12.3. The Morgan fingerprint density at radius 1 is 1.06 bits per heavy atom. The lowest BCUT2D eigenvalue weighted by molar-refractivity contribution is -0.159. The number of anilines is 2. The van der Waals surface area contributed by atoms with Gasteiger partial charge in [-0.2, -0.15) is 0 Å². The van der Waals surface area contributed by atoms with Crippen molar-refractivity contribution in [2.45, 2.75) is 45.3 Å². The number of fused-ring (bicyclic) bond motifs is 1. The third kappa shape index (κ3) is 4.76. The Hall–Kier alpha value is -3.75. The fraction of sp³-hybridized carbons (Fsp3) is 0.385. The number of carbonyl (C=O) groups is 4. The number of hydrogen-bond donors (Lipinski definition) is 1. The fourth-order valence-electron chi connectivity index (χ4n) is 4.44. The van der Waals surface area contributed by atoms with Crippen molar-refractivity contribution in [2.75, 3.05) is 23.3 Å². The molecule has 1 atom stereocenters. The van der Waals surface area contributed by atoms with Crippen LogP contribution in [0.15, 0.2) is 48.5 Å². The standard InChI is InChI=1S/C26H28FN3O5/c1-16(22(31)30-21-7-5-4-6-20(21)28-25(34)26(30,2)3)35-24(33)18-12-14-29(15-13-18)23(32)17-8-10-19(27)11-9-17/h4-11,16,18H,12-15H2,1-3H3,(H,28,34). The van der Waals surface area contributed by atoms with Gasteiger partial charge in [0.2, 0.25) is 5.91 Å². The van der Waals surface area contributed by atoms with Crippen molar-refractivity contribution in [2.24, 2.45) is 5.92 Å². The average molecular weight is 482 g/mol. The van der Waals surface area contributed by atoms with Gasteiger partial charge in [0.1, 0.15) is 11.4 Å². The fourth-order valence-corrected chi connectivity index (χ4v) is 4.44. The van der Waals surface area contributed by atoms with Crippen LogP contribution in [0.2, 0.25) is 0 Å². The molecule has 184 valence electrons. The molecule has 8 nitrogen and oxygen atoms in total. The summed E-state index contributed by atoms with van der Waals surface area (Å²) >= 11 is 0. The average Bonchev–Trinajstić information content (AvgIpc) is 2.84. The second-order valence-electron chi connectivity index (χ2n) is 9.36. The summed E-state index contributed by atoms with van der Waals surface area (Å²) in [5.74, 6) is -2.41. The van der Waals surface area contributed by atoms with E-state index in [1.807, 2.05) is 0 Å². The van der Waals surface area contributed by atoms with Gasteiger partial charge in [-0.15, -0.1) is 0 Å². The number of benzene rings is 2. The second-order valence-corrected chi connectivity index (χ2v) is 9.36. The van der Waals surface area contributed by atoms with Gasteiger partial charge >= 0.3 is 5.97 Å². The van der Waals surface area contributed by atoms with E-state index >= 15 is 0 Å². The zero-order valence-corrected chi connectivity index (χ0v) is 19.9. The predicted molar refractivity (Wildman–Crippen MR) is 127 cm³/mol. The molecule has 1 saturated heterocycles. The Labute approximate surface area is 203 Å². The first kappa shape index (κ1) is 24.4. The number of ether oxygens (including phenoxy) is 1. The number of para-hydroxylation sites is 2. The van der Waals surface area contributed by atoms with Gasteiger partial charge in [0, 0.05) is 18.7 Å². The van der Waals surface area contributed by atoms with Gasteiger partial charge in [-0.25, -0.2) is 4.39 Å².